The first-order valence-electron chi connectivity index (χ1n) is 5.86. The minimum absolute atomic E-state index is 0.906. The van der Waals surface area contributed by atoms with Crippen molar-refractivity contribution in [1.82, 2.24) is 5.32 Å². The van der Waals surface area contributed by atoms with Crippen molar-refractivity contribution in [2.75, 3.05) is 18.8 Å². The zero-order chi connectivity index (χ0) is 10.1. The maximum absolute atomic E-state index is 3.73. The number of rotatable bonds is 8. The van der Waals surface area contributed by atoms with Gasteiger partial charge in [-0.15, -0.1) is 6.58 Å². The van der Waals surface area contributed by atoms with E-state index in [-0.39, 0.29) is 0 Å². The van der Waals surface area contributed by atoms with Gasteiger partial charge in [-0.1, -0.05) is 12.5 Å². The molecule has 0 aliphatic carbocycles. The Kier molecular flexibility index (Phi) is 7.24. The lowest BCUT2D eigenvalue weighted by molar-refractivity contribution is 0.591. The zero-order valence-electron chi connectivity index (χ0n) is 9.13. The van der Waals surface area contributed by atoms with Gasteiger partial charge in [0.2, 0.25) is 0 Å². The fourth-order valence-corrected chi connectivity index (χ4v) is 3.02. The van der Waals surface area contributed by atoms with Gasteiger partial charge >= 0.3 is 0 Å². The molecule has 0 spiro atoms. The van der Waals surface area contributed by atoms with Gasteiger partial charge in [-0.05, 0) is 44.4 Å². The highest BCUT2D eigenvalue weighted by Gasteiger charge is 2.13. The summed E-state index contributed by atoms with van der Waals surface area (Å²) < 4.78 is 0. The first kappa shape index (κ1) is 12.1. The van der Waals surface area contributed by atoms with Crippen LogP contribution in [0.3, 0.4) is 0 Å². The molecule has 0 bridgehead atoms. The van der Waals surface area contributed by atoms with Gasteiger partial charge in [0.05, 0.1) is 0 Å². The second-order valence-corrected chi connectivity index (χ2v) is 5.39. The minimum Gasteiger partial charge on any atom is -0.316 e. The van der Waals surface area contributed by atoms with Gasteiger partial charge in [-0.2, -0.15) is 11.8 Å². The van der Waals surface area contributed by atoms with E-state index in [2.05, 4.69) is 23.7 Å². The Morgan fingerprint density at radius 2 is 2.29 bits per heavy atom. The number of unbranched alkanes of at least 4 members (excludes halogenated alkanes) is 3. The average Bonchev–Trinajstić information content (AvgIpc) is 2.69. The van der Waals surface area contributed by atoms with Crippen LogP contribution in [0.5, 0.6) is 0 Å². The van der Waals surface area contributed by atoms with Crippen molar-refractivity contribution < 1.29 is 0 Å². The lowest BCUT2D eigenvalue weighted by Crippen LogP contribution is -2.24. The molecule has 82 valence electrons. The highest BCUT2D eigenvalue weighted by atomic mass is 32.2. The van der Waals surface area contributed by atoms with Crippen LogP contribution >= 0.6 is 11.8 Å². The SMILES string of the molecule is C=CCCCCCNCC1CCCS1. The molecule has 2 heteroatoms. The first-order chi connectivity index (χ1) is 6.93. The summed E-state index contributed by atoms with van der Waals surface area (Å²) in [7, 11) is 0. The van der Waals surface area contributed by atoms with Crippen molar-refractivity contribution >= 4 is 11.8 Å². The number of thioether (sulfide) groups is 1. The van der Waals surface area contributed by atoms with Gasteiger partial charge in [0.25, 0.3) is 0 Å². The van der Waals surface area contributed by atoms with E-state index in [0.29, 0.717) is 0 Å². The quantitative estimate of drug-likeness (QED) is 0.491. The summed E-state index contributed by atoms with van der Waals surface area (Å²) >= 11 is 2.14. The topological polar surface area (TPSA) is 12.0 Å². The molecule has 0 saturated carbocycles. The molecule has 0 aromatic heterocycles. The lowest BCUT2D eigenvalue weighted by atomic mass is 10.2. The molecule has 1 rings (SSSR count). The van der Waals surface area contributed by atoms with Crippen LogP contribution in [0.15, 0.2) is 12.7 Å². The van der Waals surface area contributed by atoms with Gasteiger partial charge in [-0.3, -0.25) is 0 Å². The van der Waals surface area contributed by atoms with Crippen molar-refractivity contribution in [3.63, 3.8) is 0 Å². The number of nitrogens with one attached hydrogen (secondary N) is 1. The van der Waals surface area contributed by atoms with Gasteiger partial charge in [0.1, 0.15) is 0 Å². The maximum Gasteiger partial charge on any atom is 0.0172 e. The molecular weight excluding hydrogens is 190 g/mol. The van der Waals surface area contributed by atoms with Crippen LogP contribution in [0, 0.1) is 0 Å². The Morgan fingerprint density at radius 3 is 3.00 bits per heavy atom. The second kappa shape index (κ2) is 8.37. The van der Waals surface area contributed by atoms with E-state index in [0.717, 1.165) is 5.25 Å². The predicted octanol–water partition coefficient (Wildman–Crippen LogP) is 3.22. The van der Waals surface area contributed by atoms with Gasteiger partial charge < -0.3 is 5.32 Å². The molecule has 0 radical (unpaired) electrons. The van der Waals surface area contributed by atoms with E-state index in [1.165, 1.54) is 57.4 Å². The Hall–Kier alpha value is 0.0500. The fraction of sp³-hybridized carbons (Fsp3) is 0.833. The molecule has 1 atom stereocenters. The smallest absolute Gasteiger partial charge is 0.0172 e. The molecule has 0 aromatic rings. The van der Waals surface area contributed by atoms with E-state index < -0.39 is 0 Å². The molecule has 1 unspecified atom stereocenters. The van der Waals surface area contributed by atoms with E-state index >= 15 is 0 Å². The van der Waals surface area contributed by atoms with E-state index in [4.69, 9.17) is 0 Å². The Morgan fingerprint density at radius 1 is 1.36 bits per heavy atom. The standard InChI is InChI=1S/C12H23NS/c1-2-3-4-5-6-9-13-11-12-8-7-10-14-12/h2,12-13H,1,3-11H2. The first-order valence-corrected chi connectivity index (χ1v) is 6.91. The molecule has 0 amide bonds. The number of allylic oxidation sites excluding steroid dienone is 1. The molecule has 1 nitrogen and oxygen atoms in total. The number of hydrogen-bond donors (Lipinski definition) is 1. The van der Waals surface area contributed by atoms with Crippen LogP contribution in [0.25, 0.3) is 0 Å². The summed E-state index contributed by atoms with van der Waals surface area (Å²) in [6, 6.07) is 0. The molecule has 1 aliphatic heterocycles. The van der Waals surface area contributed by atoms with Crippen LogP contribution in [-0.4, -0.2) is 24.1 Å². The Balaban J connectivity index is 1.77. The molecule has 1 N–H and O–H groups in total. The van der Waals surface area contributed by atoms with Crippen molar-refractivity contribution in [1.29, 1.82) is 0 Å². The predicted molar refractivity (Wildman–Crippen MR) is 67.0 cm³/mol. The fourth-order valence-electron chi connectivity index (χ4n) is 1.78. The molecule has 1 fully saturated rings. The molecule has 1 heterocycles. The van der Waals surface area contributed by atoms with E-state index in [9.17, 15) is 0 Å². The molecule has 1 aliphatic rings. The lowest BCUT2D eigenvalue weighted by Gasteiger charge is -2.09. The molecular formula is C12H23NS. The third-order valence-electron chi connectivity index (χ3n) is 2.66. The normalized spacial score (nSPS) is 21.3. The zero-order valence-corrected chi connectivity index (χ0v) is 9.95. The monoisotopic (exact) mass is 213 g/mol. The van der Waals surface area contributed by atoms with Crippen molar-refractivity contribution in [2.24, 2.45) is 0 Å². The highest BCUT2D eigenvalue weighted by Crippen LogP contribution is 2.25. The van der Waals surface area contributed by atoms with Crippen LogP contribution in [0.1, 0.15) is 38.5 Å². The molecule has 14 heavy (non-hydrogen) atoms. The van der Waals surface area contributed by atoms with Crippen molar-refractivity contribution in [3.05, 3.63) is 12.7 Å². The largest absolute Gasteiger partial charge is 0.316 e. The average molecular weight is 213 g/mol. The van der Waals surface area contributed by atoms with Gasteiger partial charge in [0, 0.05) is 11.8 Å². The van der Waals surface area contributed by atoms with Crippen molar-refractivity contribution in [2.45, 2.75) is 43.8 Å². The Bertz CT molecular complexity index is 141. The maximum atomic E-state index is 3.73. The molecule has 1 saturated heterocycles. The third-order valence-corrected chi connectivity index (χ3v) is 4.06. The van der Waals surface area contributed by atoms with E-state index in [1.807, 2.05) is 6.08 Å². The summed E-state index contributed by atoms with van der Waals surface area (Å²) in [4.78, 5) is 0. The van der Waals surface area contributed by atoms with Gasteiger partial charge in [0.15, 0.2) is 0 Å². The van der Waals surface area contributed by atoms with Crippen LogP contribution in [-0.2, 0) is 0 Å². The molecule has 0 aromatic carbocycles. The van der Waals surface area contributed by atoms with Crippen molar-refractivity contribution in [3.8, 4) is 0 Å². The van der Waals surface area contributed by atoms with Crippen LogP contribution < -0.4 is 5.32 Å². The third kappa shape index (κ3) is 5.71. The summed E-state index contributed by atoms with van der Waals surface area (Å²) in [6.45, 7) is 6.16. The highest BCUT2D eigenvalue weighted by molar-refractivity contribution is 8.00. The number of hydrogen-bond acceptors (Lipinski definition) is 2. The minimum atomic E-state index is 0.906. The van der Waals surface area contributed by atoms with Gasteiger partial charge in [-0.25, -0.2) is 0 Å². The second-order valence-electron chi connectivity index (χ2n) is 3.98. The van der Waals surface area contributed by atoms with E-state index in [1.54, 1.807) is 0 Å². The summed E-state index contributed by atoms with van der Waals surface area (Å²) in [6.07, 6.45) is 10.0. The van der Waals surface area contributed by atoms with Crippen LogP contribution in [0.4, 0.5) is 0 Å². The summed E-state index contributed by atoms with van der Waals surface area (Å²) in [5, 5.41) is 4.46. The summed E-state index contributed by atoms with van der Waals surface area (Å²) in [5.41, 5.74) is 0. The summed E-state index contributed by atoms with van der Waals surface area (Å²) in [5.74, 6) is 1.38. The van der Waals surface area contributed by atoms with Crippen LogP contribution in [0.2, 0.25) is 0 Å². The Labute approximate surface area is 92.7 Å².